The molecule has 1 fully saturated rings. The standard InChI is InChI=1S/C8H13N3OS/c1-8(2)6(10-12)11-5-3-4-9-7(11)13-8/h6H,3-5H2,1-2H3. The number of aliphatic imine (C=N–C) groups is 1. The third-order valence-electron chi connectivity index (χ3n) is 2.42. The van der Waals surface area contributed by atoms with Crippen LogP contribution in [0.1, 0.15) is 20.3 Å². The van der Waals surface area contributed by atoms with Crippen LogP contribution in [0.5, 0.6) is 0 Å². The zero-order chi connectivity index (χ0) is 9.47. The first-order valence-electron chi connectivity index (χ1n) is 4.48. The zero-order valence-electron chi connectivity index (χ0n) is 7.86. The molecule has 0 amide bonds. The molecule has 0 bridgehead atoms. The van der Waals surface area contributed by atoms with Crippen molar-refractivity contribution in [3.8, 4) is 0 Å². The van der Waals surface area contributed by atoms with Crippen molar-refractivity contribution in [3.05, 3.63) is 4.91 Å². The maximum atomic E-state index is 10.7. The smallest absolute Gasteiger partial charge is 0.179 e. The lowest BCUT2D eigenvalue weighted by molar-refractivity contribution is 0.282. The molecule has 1 atom stereocenters. The molecule has 0 aromatic carbocycles. The number of thioether (sulfide) groups is 1. The number of hydrogen-bond donors (Lipinski definition) is 0. The van der Waals surface area contributed by atoms with Crippen molar-refractivity contribution < 1.29 is 0 Å². The third-order valence-corrected chi connectivity index (χ3v) is 3.70. The van der Waals surface area contributed by atoms with Crippen LogP contribution in [0.2, 0.25) is 0 Å². The Kier molecular flexibility index (Phi) is 2.06. The summed E-state index contributed by atoms with van der Waals surface area (Å²) in [7, 11) is 0. The minimum Gasteiger partial charge on any atom is -0.325 e. The molecular formula is C8H13N3OS. The van der Waals surface area contributed by atoms with Crippen LogP contribution in [0.4, 0.5) is 0 Å². The molecule has 72 valence electrons. The first-order chi connectivity index (χ1) is 6.15. The van der Waals surface area contributed by atoms with E-state index in [2.05, 4.69) is 10.2 Å². The molecule has 5 heteroatoms. The first kappa shape index (κ1) is 8.99. The van der Waals surface area contributed by atoms with Crippen LogP contribution in [0.15, 0.2) is 10.2 Å². The molecular weight excluding hydrogens is 186 g/mol. The van der Waals surface area contributed by atoms with Crippen molar-refractivity contribution in [1.82, 2.24) is 4.90 Å². The molecule has 0 saturated carbocycles. The summed E-state index contributed by atoms with van der Waals surface area (Å²) < 4.78 is -0.120. The normalized spacial score (nSPS) is 31.1. The van der Waals surface area contributed by atoms with Gasteiger partial charge in [-0.05, 0) is 25.4 Å². The molecule has 1 saturated heterocycles. The van der Waals surface area contributed by atoms with Crippen molar-refractivity contribution in [3.63, 3.8) is 0 Å². The Bertz CT molecular complexity index is 264. The Balaban J connectivity index is 2.30. The van der Waals surface area contributed by atoms with E-state index in [4.69, 9.17) is 0 Å². The van der Waals surface area contributed by atoms with Crippen molar-refractivity contribution in [2.75, 3.05) is 13.1 Å². The summed E-state index contributed by atoms with van der Waals surface area (Å²) in [6.07, 6.45) is 0.795. The van der Waals surface area contributed by atoms with Crippen LogP contribution in [-0.2, 0) is 0 Å². The second kappa shape index (κ2) is 2.97. The van der Waals surface area contributed by atoms with Crippen molar-refractivity contribution in [2.45, 2.75) is 31.2 Å². The maximum Gasteiger partial charge on any atom is 0.179 e. The fourth-order valence-corrected chi connectivity index (χ4v) is 2.98. The number of nitrogens with zero attached hydrogens (tertiary/aromatic N) is 3. The number of hydrogen-bond acceptors (Lipinski definition) is 5. The predicted molar refractivity (Wildman–Crippen MR) is 54.9 cm³/mol. The van der Waals surface area contributed by atoms with Crippen LogP contribution >= 0.6 is 11.8 Å². The average Bonchev–Trinajstić information content (AvgIpc) is 2.33. The topological polar surface area (TPSA) is 45.0 Å². The summed E-state index contributed by atoms with van der Waals surface area (Å²) in [6, 6.07) is 0. The molecule has 4 nitrogen and oxygen atoms in total. The second-order valence-electron chi connectivity index (χ2n) is 3.90. The zero-order valence-corrected chi connectivity index (χ0v) is 8.67. The lowest BCUT2D eigenvalue weighted by atomic mass is 10.1. The molecule has 2 aliphatic heterocycles. The molecule has 2 rings (SSSR count). The summed E-state index contributed by atoms with van der Waals surface area (Å²) in [4.78, 5) is 17.1. The van der Waals surface area contributed by atoms with Gasteiger partial charge in [0.1, 0.15) is 0 Å². The van der Waals surface area contributed by atoms with Gasteiger partial charge in [0.25, 0.3) is 0 Å². The first-order valence-corrected chi connectivity index (χ1v) is 5.29. The molecule has 0 spiro atoms. The van der Waals surface area contributed by atoms with Gasteiger partial charge in [-0.3, -0.25) is 4.99 Å². The highest BCUT2D eigenvalue weighted by Crippen LogP contribution is 2.42. The molecule has 0 aliphatic carbocycles. The predicted octanol–water partition coefficient (Wildman–Crippen LogP) is 1.67. The van der Waals surface area contributed by atoms with E-state index in [9.17, 15) is 4.91 Å². The third kappa shape index (κ3) is 1.35. The molecule has 0 radical (unpaired) electrons. The van der Waals surface area contributed by atoms with Crippen molar-refractivity contribution >= 4 is 16.9 Å². The monoisotopic (exact) mass is 199 g/mol. The van der Waals surface area contributed by atoms with Gasteiger partial charge < -0.3 is 4.90 Å². The van der Waals surface area contributed by atoms with Gasteiger partial charge in [0.2, 0.25) is 0 Å². The Labute approximate surface area is 81.8 Å². The molecule has 0 N–H and O–H groups in total. The Hall–Kier alpha value is -0.580. The number of fused-ring (bicyclic) bond motifs is 1. The van der Waals surface area contributed by atoms with E-state index in [-0.39, 0.29) is 10.9 Å². The Morgan fingerprint density at radius 2 is 2.46 bits per heavy atom. The summed E-state index contributed by atoms with van der Waals surface area (Å²) in [6.45, 7) is 5.90. The summed E-state index contributed by atoms with van der Waals surface area (Å²) in [5.41, 5.74) is 0. The lowest BCUT2D eigenvalue weighted by Crippen LogP contribution is -2.41. The van der Waals surface area contributed by atoms with Crippen molar-refractivity contribution in [2.24, 2.45) is 10.2 Å². The number of amidine groups is 1. The van der Waals surface area contributed by atoms with E-state index in [1.54, 1.807) is 11.8 Å². The number of nitroso groups, excluding NO2 is 1. The van der Waals surface area contributed by atoms with Crippen LogP contribution < -0.4 is 0 Å². The van der Waals surface area contributed by atoms with Crippen molar-refractivity contribution in [1.29, 1.82) is 0 Å². The highest BCUT2D eigenvalue weighted by molar-refractivity contribution is 8.15. The van der Waals surface area contributed by atoms with E-state index >= 15 is 0 Å². The minimum absolute atomic E-state index is 0.120. The number of rotatable bonds is 1. The van der Waals surface area contributed by atoms with Gasteiger partial charge in [-0.2, -0.15) is 0 Å². The SMILES string of the molecule is CC1(C)SC2=NCCCN2C1N=O. The van der Waals surface area contributed by atoms with E-state index in [1.165, 1.54) is 0 Å². The van der Waals surface area contributed by atoms with Gasteiger partial charge in [0.05, 0.1) is 4.75 Å². The van der Waals surface area contributed by atoms with E-state index < -0.39 is 0 Å². The van der Waals surface area contributed by atoms with Gasteiger partial charge in [0.15, 0.2) is 11.3 Å². The van der Waals surface area contributed by atoms with Gasteiger partial charge >= 0.3 is 0 Å². The van der Waals surface area contributed by atoms with Gasteiger partial charge in [0, 0.05) is 13.1 Å². The highest BCUT2D eigenvalue weighted by atomic mass is 32.2. The summed E-state index contributed by atoms with van der Waals surface area (Å²) >= 11 is 1.67. The van der Waals surface area contributed by atoms with Crippen LogP contribution in [-0.4, -0.2) is 34.1 Å². The molecule has 0 aromatic heterocycles. The molecule has 0 aromatic rings. The highest BCUT2D eigenvalue weighted by Gasteiger charge is 2.46. The molecule has 2 heterocycles. The quantitative estimate of drug-likeness (QED) is 0.603. The van der Waals surface area contributed by atoms with Gasteiger partial charge in [-0.15, -0.1) is 4.91 Å². The second-order valence-corrected chi connectivity index (χ2v) is 5.52. The van der Waals surface area contributed by atoms with Gasteiger partial charge in [-0.25, -0.2) is 0 Å². The largest absolute Gasteiger partial charge is 0.325 e. The fraction of sp³-hybridized carbons (Fsp3) is 0.875. The molecule has 1 unspecified atom stereocenters. The fourth-order valence-electron chi connectivity index (χ4n) is 1.77. The van der Waals surface area contributed by atoms with Crippen LogP contribution in [0.3, 0.4) is 0 Å². The molecule has 2 aliphatic rings. The van der Waals surface area contributed by atoms with E-state index in [0.29, 0.717) is 0 Å². The average molecular weight is 199 g/mol. The maximum absolute atomic E-state index is 10.7. The molecule has 13 heavy (non-hydrogen) atoms. The minimum atomic E-state index is -0.239. The van der Waals surface area contributed by atoms with Crippen LogP contribution in [0, 0.1) is 4.91 Å². The van der Waals surface area contributed by atoms with Gasteiger partial charge in [-0.1, -0.05) is 11.8 Å². The lowest BCUT2D eigenvalue weighted by Gasteiger charge is -2.27. The van der Waals surface area contributed by atoms with Crippen LogP contribution in [0.25, 0.3) is 0 Å². The van der Waals surface area contributed by atoms with E-state index in [0.717, 1.165) is 24.7 Å². The summed E-state index contributed by atoms with van der Waals surface area (Å²) in [5, 5.41) is 4.20. The Morgan fingerprint density at radius 1 is 1.69 bits per heavy atom. The van der Waals surface area contributed by atoms with E-state index in [1.807, 2.05) is 18.7 Å². The summed E-state index contributed by atoms with van der Waals surface area (Å²) in [5.74, 6) is 0. The Morgan fingerprint density at radius 3 is 3.15 bits per heavy atom.